The number of sulfonamides is 2. The summed E-state index contributed by atoms with van der Waals surface area (Å²) in [5.41, 5.74) is -0.294. The summed E-state index contributed by atoms with van der Waals surface area (Å²) in [6.45, 7) is 8.86. The molecule has 2 atom stereocenters. The minimum absolute atomic E-state index is 0.0755. The molecule has 2 rings (SSSR count). The number of hydrogen-bond donors (Lipinski definition) is 4. The predicted octanol–water partition coefficient (Wildman–Crippen LogP) is 2.14. The van der Waals surface area contributed by atoms with Gasteiger partial charge in [0.05, 0.1) is 22.3 Å². The van der Waals surface area contributed by atoms with Gasteiger partial charge in [0.2, 0.25) is 20.0 Å². The quantitative estimate of drug-likeness (QED) is 0.184. The van der Waals surface area contributed by atoms with Crippen LogP contribution in [0.4, 0.5) is 8.78 Å². The van der Waals surface area contributed by atoms with Gasteiger partial charge in [0.25, 0.3) is 11.8 Å². The summed E-state index contributed by atoms with van der Waals surface area (Å²) in [7, 11) is -8.16. The van der Waals surface area contributed by atoms with Crippen molar-refractivity contribution in [2.24, 2.45) is 5.14 Å². The molecule has 2 aromatic carbocycles. The number of aliphatic hydroxyl groups is 1. The van der Waals surface area contributed by atoms with Crippen molar-refractivity contribution in [3.63, 3.8) is 0 Å². The van der Waals surface area contributed by atoms with Gasteiger partial charge < -0.3 is 15.3 Å². The van der Waals surface area contributed by atoms with Gasteiger partial charge in [-0.25, -0.2) is 35.8 Å². The molecule has 0 aliphatic rings. The molecule has 0 fully saturated rings. The molecular formula is C29H43F2N5O7S2. The van der Waals surface area contributed by atoms with E-state index in [1.165, 1.54) is 29.8 Å². The second kappa shape index (κ2) is 16.5. The van der Waals surface area contributed by atoms with Crippen LogP contribution >= 0.6 is 0 Å². The van der Waals surface area contributed by atoms with Gasteiger partial charge >= 0.3 is 0 Å². The Morgan fingerprint density at radius 1 is 0.911 bits per heavy atom. The first-order valence-electron chi connectivity index (χ1n) is 14.6. The number of hydrogen-bond acceptors (Lipinski definition) is 8. The van der Waals surface area contributed by atoms with Crippen molar-refractivity contribution in [2.45, 2.75) is 76.2 Å². The molecule has 0 aromatic heterocycles. The molecule has 0 radical (unpaired) electrons. The van der Waals surface area contributed by atoms with Crippen molar-refractivity contribution in [1.82, 2.24) is 20.1 Å². The fourth-order valence-electron chi connectivity index (χ4n) is 4.44. The molecular weight excluding hydrogens is 632 g/mol. The maximum Gasteiger partial charge on any atom is 0.253 e. The van der Waals surface area contributed by atoms with Crippen LogP contribution in [0.25, 0.3) is 0 Å². The van der Waals surface area contributed by atoms with E-state index in [-0.39, 0.29) is 36.2 Å². The van der Waals surface area contributed by atoms with E-state index in [1.54, 1.807) is 6.92 Å². The summed E-state index contributed by atoms with van der Waals surface area (Å²) in [5.74, 6) is -3.21. The largest absolute Gasteiger partial charge is 0.390 e. The van der Waals surface area contributed by atoms with E-state index in [1.807, 2.05) is 13.8 Å². The number of aliphatic hydroxyl groups excluding tert-OH is 1. The van der Waals surface area contributed by atoms with Crippen LogP contribution in [0.15, 0.2) is 41.3 Å². The Morgan fingerprint density at radius 3 is 1.96 bits per heavy atom. The SMILES string of the molecule is CCCN(CCC)C(=O)c1cc(C(=O)NC(Cc2cc(F)cc(F)c2)C(O)CN(CC)NS(=O)(=O)C(C)C)cc(S(N)(=O)=O)c1. The molecule has 0 saturated heterocycles. The van der Waals surface area contributed by atoms with E-state index in [4.69, 9.17) is 5.14 Å². The second-order valence-electron chi connectivity index (χ2n) is 10.9. The maximum atomic E-state index is 14.0. The number of nitrogens with two attached hydrogens (primary N) is 1. The molecule has 2 aromatic rings. The van der Waals surface area contributed by atoms with Crippen molar-refractivity contribution < 1.29 is 40.3 Å². The van der Waals surface area contributed by atoms with Crippen LogP contribution < -0.4 is 15.3 Å². The van der Waals surface area contributed by atoms with Crippen LogP contribution in [0.5, 0.6) is 0 Å². The Labute approximate surface area is 264 Å². The third-order valence-corrected chi connectivity index (χ3v) is 9.49. The monoisotopic (exact) mass is 675 g/mol. The van der Waals surface area contributed by atoms with E-state index in [0.29, 0.717) is 32.0 Å². The van der Waals surface area contributed by atoms with Crippen molar-refractivity contribution >= 4 is 31.9 Å². The standard InChI is InChI=1S/C29H43F2N5O7S2/c1-6-9-35(10-7-2)29(39)22-14-21(15-25(16-22)44(32,40)41)28(38)33-26(13-20-11-23(30)17-24(31)12-20)27(37)18-36(8-3)34-45(42,43)19(4)5/h11-12,14-17,19,26-27,34,37H,6-10,13,18H2,1-5H3,(H,33,38)(H2,32,40,41). The van der Waals surface area contributed by atoms with Crippen molar-refractivity contribution in [3.05, 3.63) is 64.7 Å². The summed E-state index contributed by atoms with van der Waals surface area (Å²) < 4.78 is 77.5. The number of amides is 2. The van der Waals surface area contributed by atoms with E-state index in [9.17, 15) is 40.3 Å². The fourth-order valence-corrected chi connectivity index (χ4v) is 5.80. The highest BCUT2D eigenvalue weighted by Gasteiger charge is 2.28. The van der Waals surface area contributed by atoms with Crippen molar-refractivity contribution in [3.8, 4) is 0 Å². The highest BCUT2D eigenvalue weighted by atomic mass is 32.2. The van der Waals surface area contributed by atoms with E-state index < -0.39 is 65.8 Å². The normalized spacial score (nSPS) is 13.6. The number of likely N-dealkylation sites (N-methyl/N-ethyl adjacent to an activating group) is 1. The van der Waals surface area contributed by atoms with Gasteiger partial charge in [0.15, 0.2) is 0 Å². The molecule has 2 unspecified atom stereocenters. The molecule has 0 aliphatic heterocycles. The summed E-state index contributed by atoms with van der Waals surface area (Å²) >= 11 is 0. The predicted molar refractivity (Wildman–Crippen MR) is 166 cm³/mol. The first-order valence-corrected chi connectivity index (χ1v) is 17.7. The zero-order valence-electron chi connectivity index (χ0n) is 26.1. The molecule has 0 aliphatic carbocycles. The van der Waals surface area contributed by atoms with Gasteiger partial charge in [-0.1, -0.05) is 20.8 Å². The second-order valence-corrected chi connectivity index (χ2v) is 14.7. The summed E-state index contributed by atoms with van der Waals surface area (Å²) in [5, 5.41) is 19.5. The lowest BCUT2D eigenvalue weighted by atomic mass is 9.99. The number of halogens is 2. The lowest BCUT2D eigenvalue weighted by molar-refractivity contribution is 0.0634. The van der Waals surface area contributed by atoms with Crippen LogP contribution in [0.1, 0.15) is 73.7 Å². The molecule has 0 spiro atoms. The van der Waals surface area contributed by atoms with E-state index >= 15 is 0 Å². The smallest absolute Gasteiger partial charge is 0.253 e. The molecule has 12 nitrogen and oxygen atoms in total. The average Bonchev–Trinajstić information content (AvgIpc) is 2.94. The first kappa shape index (κ1) is 38.2. The van der Waals surface area contributed by atoms with Crippen LogP contribution in [0.3, 0.4) is 0 Å². The third kappa shape index (κ3) is 11.4. The van der Waals surface area contributed by atoms with Gasteiger partial charge in [-0.3, -0.25) is 9.59 Å². The minimum Gasteiger partial charge on any atom is -0.390 e. The summed E-state index contributed by atoms with van der Waals surface area (Å²) in [4.78, 5) is 30.3. The third-order valence-electron chi connectivity index (χ3n) is 6.84. The number of carbonyl (C=O) groups is 2. The lowest BCUT2D eigenvalue weighted by Crippen LogP contribution is -2.54. The van der Waals surface area contributed by atoms with Crippen molar-refractivity contribution in [1.29, 1.82) is 0 Å². The molecule has 16 heteroatoms. The number of carbonyl (C=O) groups excluding carboxylic acids is 2. The average molecular weight is 676 g/mol. The Bertz CT molecular complexity index is 1530. The topological polar surface area (TPSA) is 179 Å². The molecule has 5 N–H and O–H groups in total. The molecule has 0 heterocycles. The number of benzene rings is 2. The van der Waals surface area contributed by atoms with Gasteiger partial charge in [0, 0.05) is 43.4 Å². The number of nitrogens with one attached hydrogen (secondary N) is 2. The van der Waals surface area contributed by atoms with E-state index in [0.717, 1.165) is 24.3 Å². The molecule has 2 amide bonds. The van der Waals surface area contributed by atoms with Crippen LogP contribution in [-0.2, 0) is 26.5 Å². The molecule has 0 bridgehead atoms. The minimum atomic E-state index is -4.37. The first-order chi connectivity index (χ1) is 20.9. The molecule has 45 heavy (non-hydrogen) atoms. The fraction of sp³-hybridized carbons (Fsp3) is 0.517. The van der Waals surface area contributed by atoms with Crippen LogP contribution in [0.2, 0.25) is 0 Å². The van der Waals surface area contributed by atoms with Crippen LogP contribution in [-0.4, -0.2) is 87.2 Å². The van der Waals surface area contributed by atoms with Crippen molar-refractivity contribution in [2.75, 3.05) is 26.2 Å². The molecule has 0 saturated carbocycles. The van der Waals surface area contributed by atoms with E-state index in [2.05, 4.69) is 10.1 Å². The highest BCUT2D eigenvalue weighted by molar-refractivity contribution is 7.90. The van der Waals surface area contributed by atoms with Gasteiger partial charge in [0.1, 0.15) is 11.6 Å². The number of primary sulfonamides is 1. The number of rotatable bonds is 17. The maximum absolute atomic E-state index is 14.0. The van der Waals surface area contributed by atoms with Gasteiger partial charge in [-0.15, -0.1) is 4.83 Å². The van der Waals surface area contributed by atoms with Gasteiger partial charge in [-0.2, -0.15) is 0 Å². The van der Waals surface area contributed by atoms with Gasteiger partial charge in [-0.05, 0) is 69.0 Å². The zero-order valence-corrected chi connectivity index (χ0v) is 27.7. The Kier molecular flexibility index (Phi) is 14.0. The lowest BCUT2D eigenvalue weighted by Gasteiger charge is -2.30. The highest BCUT2D eigenvalue weighted by Crippen LogP contribution is 2.19. The Balaban J connectivity index is 2.53. The van der Waals surface area contributed by atoms with Crippen LogP contribution in [0, 0.1) is 11.6 Å². The number of hydrazine groups is 1. The zero-order chi connectivity index (χ0) is 34.1. The Morgan fingerprint density at radius 2 is 1.47 bits per heavy atom. The Hall–Kier alpha value is -3.02. The number of nitrogens with zero attached hydrogens (tertiary/aromatic N) is 2. The summed E-state index contributed by atoms with van der Waals surface area (Å²) in [6, 6.07) is 4.69. The molecule has 252 valence electrons. The summed E-state index contributed by atoms with van der Waals surface area (Å²) in [6.07, 6.45) is -0.522.